The van der Waals surface area contributed by atoms with E-state index in [1.54, 1.807) is 0 Å². The number of anilines is 2. The number of hydrogen-bond acceptors (Lipinski definition) is 6. The fraction of sp³-hybridized carbons (Fsp3) is 0.348. The SMILES string of the molecule is Cc1cc(F)cc2c(NCc3ccc(N4CC(C)OC(C)C4)nc3)c(C#N)cnc12. The van der Waals surface area contributed by atoms with Crippen LogP contribution in [0, 0.1) is 24.1 Å². The van der Waals surface area contributed by atoms with Gasteiger partial charge in [0.05, 0.1) is 29.0 Å². The van der Waals surface area contributed by atoms with Gasteiger partial charge in [-0.15, -0.1) is 0 Å². The molecular formula is C23H24FN5O. The summed E-state index contributed by atoms with van der Waals surface area (Å²) < 4.78 is 19.8. The first-order valence-electron chi connectivity index (χ1n) is 10.0. The Kier molecular flexibility index (Phi) is 5.51. The highest BCUT2D eigenvalue weighted by atomic mass is 19.1. The zero-order valence-electron chi connectivity index (χ0n) is 17.3. The number of rotatable bonds is 4. The van der Waals surface area contributed by atoms with Gasteiger partial charge in [-0.2, -0.15) is 5.26 Å². The quantitative estimate of drug-likeness (QED) is 0.702. The normalized spacial score (nSPS) is 19.0. The molecule has 2 atom stereocenters. The third-order valence-electron chi connectivity index (χ3n) is 5.27. The van der Waals surface area contributed by atoms with Crippen molar-refractivity contribution in [3.05, 3.63) is 59.2 Å². The number of pyridine rings is 2. The van der Waals surface area contributed by atoms with E-state index < -0.39 is 0 Å². The van der Waals surface area contributed by atoms with E-state index >= 15 is 0 Å². The van der Waals surface area contributed by atoms with Crippen molar-refractivity contribution < 1.29 is 9.13 Å². The Morgan fingerprint density at radius 1 is 1.20 bits per heavy atom. The highest BCUT2D eigenvalue weighted by Gasteiger charge is 2.23. The number of fused-ring (bicyclic) bond motifs is 1. The standard InChI is InChI=1S/C23H24FN5O/c1-14-6-19(24)7-20-22(14)28-11-18(8-25)23(20)27-10-17-4-5-21(26-9-17)29-12-15(2)30-16(3)13-29/h4-7,9,11,15-16H,10,12-13H2,1-3H3,(H,27,28). The Balaban J connectivity index is 1.55. The maximum atomic E-state index is 14.0. The number of nitrogens with zero attached hydrogens (tertiary/aromatic N) is 4. The third-order valence-corrected chi connectivity index (χ3v) is 5.27. The molecular weight excluding hydrogens is 381 g/mol. The molecule has 6 nitrogen and oxygen atoms in total. The molecule has 1 aromatic carbocycles. The van der Waals surface area contributed by atoms with Crippen LogP contribution in [-0.4, -0.2) is 35.3 Å². The number of benzene rings is 1. The van der Waals surface area contributed by atoms with Gasteiger partial charge in [-0.1, -0.05) is 6.07 Å². The molecule has 3 aromatic rings. The van der Waals surface area contributed by atoms with E-state index in [-0.39, 0.29) is 18.0 Å². The molecule has 0 saturated carbocycles. The molecule has 0 radical (unpaired) electrons. The molecule has 4 rings (SSSR count). The number of morpholine rings is 1. The van der Waals surface area contributed by atoms with Gasteiger partial charge in [0.1, 0.15) is 17.7 Å². The van der Waals surface area contributed by atoms with Gasteiger partial charge in [0, 0.05) is 37.4 Å². The number of ether oxygens (including phenoxy) is 1. The Bertz CT molecular complexity index is 1100. The molecule has 0 aliphatic carbocycles. The summed E-state index contributed by atoms with van der Waals surface area (Å²) in [7, 11) is 0. The fourth-order valence-electron chi connectivity index (χ4n) is 3.98. The van der Waals surface area contributed by atoms with Crippen LogP contribution < -0.4 is 10.2 Å². The van der Waals surface area contributed by atoms with Crippen LogP contribution in [0.4, 0.5) is 15.9 Å². The minimum atomic E-state index is -0.347. The van der Waals surface area contributed by atoms with Crippen LogP contribution in [0.15, 0.2) is 36.7 Å². The van der Waals surface area contributed by atoms with Crippen molar-refractivity contribution in [2.45, 2.75) is 39.5 Å². The van der Waals surface area contributed by atoms with Crippen LogP contribution in [0.25, 0.3) is 10.9 Å². The largest absolute Gasteiger partial charge is 0.379 e. The first-order valence-corrected chi connectivity index (χ1v) is 10.0. The minimum absolute atomic E-state index is 0.171. The Morgan fingerprint density at radius 3 is 2.63 bits per heavy atom. The maximum Gasteiger partial charge on any atom is 0.128 e. The lowest BCUT2D eigenvalue weighted by Crippen LogP contribution is -2.45. The van der Waals surface area contributed by atoms with Gasteiger partial charge in [-0.05, 0) is 50.1 Å². The van der Waals surface area contributed by atoms with Crippen LogP contribution in [0.3, 0.4) is 0 Å². The van der Waals surface area contributed by atoms with Crippen molar-refractivity contribution in [1.82, 2.24) is 9.97 Å². The van der Waals surface area contributed by atoms with Crippen molar-refractivity contribution in [3.8, 4) is 6.07 Å². The zero-order valence-corrected chi connectivity index (χ0v) is 17.3. The number of nitriles is 1. The molecule has 7 heteroatoms. The Labute approximate surface area is 175 Å². The molecule has 3 heterocycles. The van der Waals surface area contributed by atoms with Crippen LogP contribution >= 0.6 is 0 Å². The van der Waals surface area contributed by atoms with Crippen molar-refractivity contribution >= 4 is 22.4 Å². The topological polar surface area (TPSA) is 74.1 Å². The van der Waals surface area contributed by atoms with E-state index in [2.05, 4.69) is 40.1 Å². The predicted molar refractivity (Wildman–Crippen MR) is 115 cm³/mol. The van der Waals surface area contributed by atoms with E-state index in [1.165, 1.54) is 18.3 Å². The summed E-state index contributed by atoms with van der Waals surface area (Å²) in [5.41, 5.74) is 3.35. The second kappa shape index (κ2) is 8.25. The molecule has 1 saturated heterocycles. The number of aromatic nitrogens is 2. The van der Waals surface area contributed by atoms with Crippen LogP contribution in [-0.2, 0) is 11.3 Å². The van der Waals surface area contributed by atoms with Gasteiger partial charge >= 0.3 is 0 Å². The Morgan fingerprint density at radius 2 is 1.97 bits per heavy atom. The Hall–Kier alpha value is -3.24. The number of hydrogen-bond donors (Lipinski definition) is 1. The molecule has 30 heavy (non-hydrogen) atoms. The predicted octanol–water partition coefficient (Wildman–Crippen LogP) is 4.17. The van der Waals surface area contributed by atoms with E-state index in [1.807, 2.05) is 25.3 Å². The zero-order chi connectivity index (χ0) is 21.3. The second-order valence-electron chi connectivity index (χ2n) is 7.82. The van der Waals surface area contributed by atoms with Crippen molar-refractivity contribution in [1.29, 1.82) is 5.26 Å². The number of aryl methyl sites for hydroxylation is 1. The summed E-state index contributed by atoms with van der Waals surface area (Å²) >= 11 is 0. The lowest BCUT2D eigenvalue weighted by Gasteiger charge is -2.36. The fourth-order valence-corrected chi connectivity index (χ4v) is 3.98. The molecule has 0 spiro atoms. The van der Waals surface area contributed by atoms with Gasteiger partial charge in [0.2, 0.25) is 0 Å². The van der Waals surface area contributed by atoms with E-state index in [9.17, 15) is 9.65 Å². The maximum absolute atomic E-state index is 14.0. The average Bonchev–Trinajstić information content (AvgIpc) is 2.71. The lowest BCUT2D eigenvalue weighted by molar-refractivity contribution is -0.00545. The highest BCUT2D eigenvalue weighted by molar-refractivity contribution is 5.95. The third kappa shape index (κ3) is 4.05. The summed E-state index contributed by atoms with van der Waals surface area (Å²) in [5, 5.41) is 13.4. The molecule has 2 aromatic heterocycles. The van der Waals surface area contributed by atoms with E-state index in [0.29, 0.717) is 28.7 Å². The van der Waals surface area contributed by atoms with E-state index in [0.717, 1.165) is 30.0 Å². The van der Waals surface area contributed by atoms with Gasteiger partial charge in [-0.3, -0.25) is 4.98 Å². The first kappa shape index (κ1) is 20.0. The molecule has 0 amide bonds. The lowest BCUT2D eigenvalue weighted by atomic mass is 10.1. The molecule has 154 valence electrons. The van der Waals surface area contributed by atoms with Crippen LogP contribution in [0.2, 0.25) is 0 Å². The van der Waals surface area contributed by atoms with Gasteiger partial charge in [-0.25, -0.2) is 9.37 Å². The summed E-state index contributed by atoms with van der Waals surface area (Å²) in [6.45, 7) is 8.04. The summed E-state index contributed by atoms with van der Waals surface area (Å²) in [4.78, 5) is 11.2. The summed E-state index contributed by atoms with van der Waals surface area (Å²) in [5.74, 6) is 0.574. The number of halogens is 1. The smallest absolute Gasteiger partial charge is 0.128 e. The van der Waals surface area contributed by atoms with Crippen molar-refractivity contribution in [3.63, 3.8) is 0 Å². The average molecular weight is 405 g/mol. The summed E-state index contributed by atoms with van der Waals surface area (Å²) in [6.07, 6.45) is 3.70. The van der Waals surface area contributed by atoms with E-state index in [4.69, 9.17) is 4.74 Å². The van der Waals surface area contributed by atoms with Gasteiger partial charge in [0.25, 0.3) is 0 Å². The first-order chi connectivity index (χ1) is 14.4. The molecule has 1 N–H and O–H groups in total. The molecule has 2 unspecified atom stereocenters. The molecule has 1 aliphatic rings. The second-order valence-corrected chi connectivity index (χ2v) is 7.82. The summed E-state index contributed by atoms with van der Waals surface area (Å²) in [6, 6.07) is 9.02. The molecule has 1 fully saturated rings. The van der Waals surface area contributed by atoms with Crippen LogP contribution in [0.1, 0.15) is 30.5 Å². The number of nitrogens with one attached hydrogen (secondary N) is 1. The van der Waals surface area contributed by atoms with Gasteiger partial charge < -0.3 is 15.0 Å². The molecule has 0 bridgehead atoms. The van der Waals surface area contributed by atoms with Crippen LogP contribution in [0.5, 0.6) is 0 Å². The monoisotopic (exact) mass is 405 g/mol. The van der Waals surface area contributed by atoms with Gasteiger partial charge in [0.15, 0.2) is 0 Å². The highest BCUT2D eigenvalue weighted by Crippen LogP contribution is 2.29. The molecule has 1 aliphatic heterocycles. The van der Waals surface area contributed by atoms with Crippen molar-refractivity contribution in [2.24, 2.45) is 0 Å². The minimum Gasteiger partial charge on any atom is -0.379 e. The van der Waals surface area contributed by atoms with Crippen molar-refractivity contribution in [2.75, 3.05) is 23.3 Å².